The standard InChI is InChI=1S/C17H21N3O4/c1-2-16(22)19-5-7-20(8-6-19)17(23)10-12-3-4-14-13(9-12)18-15(21)11-24-14/h3-4,9H,2,5-8,10-11H2,1H3,(H,18,21). The van der Waals surface area contributed by atoms with Crippen LogP contribution in [0.2, 0.25) is 0 Å². The Morgan fingerprint density at radius 1 is 1.12 bits per heavy atom. The highest BCUT2D eigenvalue weighted by molar-refractivity contribution is 5.95. The van der Waals surface area contributed by atoms with Crippen molar-refractivity contribution in [3.63, 3.8) is 0 Å². The fraction of sp³-hybridized carbons (Fsp3) is 0.471. The molecule has 2 aliphatic heterocycles. The van der Waals surface area contributed by atoms with Crippen molar-refractivity contribution < 1.29 is 19.1 Å². The van der Waals surface area contributed by atoms with E-state index in [0.717, 1.165) is 5.56 Å². The third-order valence-electron chi connectivity index (χ3n) is 4.32. The van der Waals surface area contributed by atoms with Crippen LogP contribution in [0.15, 0.2) is 18.2 Å². The Labute approximate surface area is 140 Å². The quantitative estimate of drug-likeness (QED) is 0.882. The highest BCUT2D eigenvalue weighted by Crippen LogP contribution is 2.28. The first-order valence-electron chi connectivity index (χ1n) is 8.18. The molecule has 7 heteroatoms. The van der Waals surface area contributed by atoms with Crippen LogP contribution < -0.4 is 10.1 Å². The maximum atomic E-state index is 12.4. The lowest BCUT2D eigenvalue weighted by Gasteiger charge is -2.34. The second kappa shape index (κ2) is 6.90. The maximum Gasteiger partial charge on any atom is 0.262 e. The molecule has 0 aromatic heterocycles. The Bertz CT molecular complexity index is 666. The van der Waals surface area contributed by atoms with E-state index in [4.69, 9.17) is 4.74 Å². The van der Waals surface area contributed by atoms with Gasteiger partial charge >= 0.3 is 0 Å². The number of hydrogen-bond donors (Lipinski definition) is 1. The summed E-state index contributed by atoms with van der Waals surface area (Å²) in [6, 6.07) is 5.39. The first-order chi connectivity index (χ1) is 11.6. The van der Waals surface area contributed by atoms with Gasteiger partial charge in [-0.2, -0.15) is 0 Å². The summed E-state index contributed by atoms with van der Waals surface area (Å²) in [6.45, 7) is 4.17. The summed E-state index contributed by atoms with van der Waals surface area (Å²) < 4.78 is 5.31. The summed E-state index contributed by atoms with van der Waals surface area (Å²) in [5, 5.41) is 2.74. The van der Waals surface area contributed by atoms with Crippen molar-refractivity contribution in [1.82, 2.24) is 9.80 Å². The van der Waals surface area contributed by atoms with Crippen LogP contribution in [-0.4, -0.2) is 60.3 Å². The second-order valence-electron chi connectivity index (χ2n) is 5.96. The second-order valence-corrected chi connectivity index (χ2v) is 5.96. The normalized spacial score (nSPS) is 17.0. The molecule has 24 heavy (non-hydrogen) atoms. The summed E-state index contributed by atoms with van der Waals surface area (Å²) >= 11 is 0. The highest BCUT2D eigenvalue weighted by atomic mass is 16.5. The van der Waals surface area contributed by atoms with Crippen molar-refractivity contribution in [1.29, 1.82) is 0 Å². The van der Waals surface area contributed by atoms with E-state index in [9.17, 15) is 14.4 Å². The minimum atomic E-state index is -0.192. The van der Waals surface area contributed by atoms with Crippen LogP contribution in [0.5, 0.6) is 5.75 Å². The predicted octanol–water partition coefficient (Wildman–Crippen LogP) is 0.641. The molecule has 7 nitrogen and oxygen atoms in total. The molecule has 1 aromatic carbocycles. The van der Waals surface area contributed by atoms with Crippen LogP contribution in [0.4, 0.5) is 5.69 Å². The van der Waals surface area contributed by atoms with Crippen LogP contribution in [0.3, 0.4) is 0 Å². The van der Waals surface area contributed by atoms with Gasteiger partial charge in [-0.1, -0.05) is 13.0 Å². The Morgan fingerprint density at radius 3 is 2.46 bits per heavy atom. The lowest BCUT2D eigenvalue weighted by Crippen LogP contribution is -2.50. The zero-order chi connectivity index (χ0) is 17.1. The molecular formula is C17H21N3O4. The number of anilines is 1. The molecule has 0 atom stereocenters. The Morgan fingerprint density at radius 2 is 1.79 bits per heavy atom. The van der Waals surface area contributed by atoms with Gasteiger partial charge in [0.05, 0.1) is 12.1 Å². The van der Waals surface area contributed by atoms with Gasteiger partial charge in [0.15, 0.2) is 6.61 Å². The molecule has 0 aliphatic carbocycles. The molecule has 3 amide bonds. The van der Waals surface area contributed by atoms with Gasteiger partial charge in [0.2, 0.25) is 11.8 Å². The van der Waals surface area contributed by atoms with E-state index in [1.54, 1.807) is 21.9 Å². The van der Waals surface area contributed by atoms with E-state index in [2.05, 4.69) is 5.32 Å². The number of ether oxygens (including phenoxy) is 1. The Hall–Kier alpha value is -2.57. The van der Waals surface area contributed by atoms with Gasteiger partial charge in [-0.15, -0.1) is 0 Å². The van der Waals surface area contributed by atoms with Crippen molar-refractivity contribution in [3.05, 3.63) is 23.8 Å². The van der Waals surface area contributed by atoms with E-state index < -0.39 is 0 Å². The number of hydrogen-bond acceptors (Lipinski definition) is 4. The zero-order valence-corrected chi connectivity index (χ0v) is 13.7. The average Bonchev–Trinajstić information content (AvgIpc) is 2.60. The number of fused-ring (bicyclic) bond motifs is 1. The van der Waals surface area contributed by atoms with Gasteiger partial charge in [-0.05, 0) is 17.7 Å². The van der Waals surface area contributed by atoms with E-state index in [1.165, 1.54) is 0 Å². The largest absolute Gasteiger partial charge is 0.482 e. The van der Waals surface area contributed by atoms with Gasteiger partial charge in [-0.25, -0.2) is 0 Å². The van der Waals surface area contributed by atoms with E-state index in [-0.39, 0.29) is 30.7 Å². The van der Waals surface area contributed by atoms with Crippen molar-refractivity contribution in [3.8, 4) is 5.75 Å². The summed E-state index contributed by atoms with van der Waals surface area (Å²) in [5.74, 6) is 0.592. The molecule has 0 unspecified atom stereocenters. The first-order valence-corrected chi connectivity index (χ1v) is 8.18. The van der Waals surface area contributed by atoms with Crippen molar-refractivity contribution in [2.45, 2.75) is 19.8 Å². The molecule has 3 rings (SSSR count). The number of benzene rings is 1. The first kappa shape index (κ1) is 16.3. The molecule has 0 spiro atoms. The summed E-state index contributed by atoms with van der Waals surface area (Å²) in [6.07, 6.45) is 0.766. The summed E-state index contributed by atoms with van der Waals surface area (Å²) in [5.41, 5.74) is 1.44. The van der Waals surface area contributed by atoms with Crippen molar-refractivity contribution in [2.24, 2.45) is 0 Å². The van der Waals surface area contributed by atoms with Crippen LogP contribution in [0.1, 0.15) is 18.9 Å². The number of amides is 3. The fourth-order valence-electron chi connectivity index (χ4n) is 2.96. The van der Waals surface area contributed by atoms with Crippen LogP contribution in [0, 0.1) is 0 Å². The molecule has 1 aromatic rings. The topological polar surface area (TPSA) is 79.0 Å². The van der Waals surface area contributed by atoms with Crippen LogP contribution in [-0.2, 0) is 20.8 Å². The van der Waals surface area contributed by atoms with Gasteiger partial charge in [0.1, 0.15) is 5.75 Å². The lowest BCUT2D eigenvalue weighted by molar-refractivity contribution is -0.139. The third kappa shape index (κ3) is 3.50. The Kier molecular flexibility index (Phi) is 4.69. The molecule has 0 bridgehead atoms. The molecule has 128 valence electrons. The monoisotopic (exact) mass is 331 g/mol. The van der Waals surface area contributed by atoms with E-state index >= 15 is 0 Å². The fourth-order valence-corrected chi connectivity index (χ4v) is 2.96. The van der Waals surface area contributed by atoms with E-state index in [0.29, 0.717) is 44.0 Å². The maximum absolute atomic E-state index is 12.4. The number of nitrogens with zero attached hydrogens (tertiary/aromatic N) is 2. The van der Waals surface area contributed by atoms with Crippen molar-refractivity contribution in [2.75, 3.05) is 38.1 Å². The van der Waals surface area contributed by atoms with Crippen LogP contribution in [0.25, 0.3) is 0 Å². The third-order valence-corrected chi connectivity index (χ3v) is 4.32. The van der Waals surface area contributed by atoms with Gasteiger partial charge in [0.25, 0.3) is 5.91 Å². The Balaban J connectivity index is 1.59. The minimum absolute atomic E-state index is 0.0199. The number of nitrogens with one attached hydrogen (secondary N) is 1. The molecule has 2 heterocycles. The predicted molar refractivity (Wildman–Crippen MR) is 87.7 cm³/mol. The van der Waals surface area contributed by atoms with Gasteiger partial charge < -0.3 is 19.9 Å². The smallest absolute Gasteiger partial charge is 0.262 e. The molecule has 0 saturated carbocycles. The SMILES string of the molecule is CCC(=O)N1CCN(C(=O)Cc2ccc3c(c2)NC(=O)CO3)CC1. The molecule has 2 aliphatic rings. The van der Waals surface area contributed by atoms with Crippen molar-refractivity contribution >= 4 is 23.4 Å². The number of carbonyl (C=O) groups excluding carboxylic acids is 3. The minimum Gasteiger partial charge on any atom is -0.482 e. The summed E-state index contributed by atoms with van der Waals surface area (Å²) in [4.78, 5) is 39.1. The number of piperazine rings is 1. The summed E-state index contributed by atoms with van der Waals surface area (Å²) in [7, 11) is 0. The molecule has 1 fully saturated rings. The molecule has 1 N–H and O–H groups in total. The lowest BCUT2D eigenvalue weighted by atomic mass is 10.1. The molecular weight excluding hydrogens is 310 g/mol. The van der Waals surface area contributed by atoms with E-state index in [1.807, 2.05) is 13.0 Å². The highest BCUT2D eigenvalue weighted by Gasteiger charge is 2.24. The molecule has 1 saturated heterocycles. The number of rotatable bonds is 3. The van der Waals surface area contributed by atoms with Gasteiger partial charge in [-0.3, -0.25) is 14.4 Å². The average molecular weight is 331 g/mol. The van der Waals surface area contributed by atoms with Crippen LogP contribution >= 0.6 is 0 Å². The zero-order valence-electron chi connectivity index (χ0n) is 13.7. The molecule has 0 radical (unpaired) electrons. The van der Waals surface area contributed by atoms with Gasteiger partial charge in [0, 0.05) is 32.6 Å². The number of carbonyl (C=O) groups is 3.